The summed E-state index contributed by atoms with van der Waals surface area (Å²) in [5.74, 6) is -0.903. The molecule has 0 rings (SSSR count). The van der Waals surface area contributed by atoms with Gasteiger partial charge in [0, 0.05) is 12.1 Å². The molecular weight excluding hydrogens is 166 g/mol. The third-order valence-electron chi connectivity index (χ3n) is 1.09. The summed E-state index contributed by atoms with van der Waals surface area (Å²) >= 11 is 0. The zero-order valence-corrected chi connectivity index (χ0v) is 11.4. The minimum Gasteiger partial charge on any atom is -1.00 e. The Balaban J connectivity index is -0.0000000533. The fraction of sp³-hybridized carbons (Fsp3) is 0.800. The van der Waals surface area contributed by atoms with Crippen molar-refractivity contribution in [1.82, 2.24) is 0 Å². The van der Waals surface area contributed by atoms with Crippen LogP contribution in [0, 0.1) is 0 Å². The van der Waals surface area contributed by atoms with Gasteiger partial charge in [0.15, 0.2) is 0 Å². The van der Waals surface area contributed by atoms with Crippen molar-refractivity contribution < 1.29 is 71.9 Å². The van der Waals surface area contributed by atoms with Crippen LogP contribution in [0.5, 0.6) is 0 Å². The second-order valence-corrected chi connectivity index (χ2v) is 2.12. The Bertz CT molecular complexity index is 119. The van der Waals surface area contributed by atoms with Crippen LogP contribution < -0.4 is 70.6 Å². The van der Waals surface area contributed by atoms with E-state index in [1.807, 2.05) is 0 Å². The molecule has 0 aromatic carbocycles. The van der Waals surface area contributed by atoms with E-state index in [-0.39, 0.29) is 74.4 Å². The molecule has 0 aliphatic heterocycles. The van der Waals surface area contributed by atoms with Crippen molar-refractivity contribution >= 4 is 5.97 Å². The third-order valence-corrected chi connectivity index (χ3v) is 1.09. The van der Waals surface area contributed by atoms with Crippen molar-refractivity contribution in [3.05, 3.63) is 0 Å². The van der Waals surface area contributed by atoms with Gasteiger partial charge in [-0.15, -0.1) is 0 Å². The van der Waals surface area contributed by atoms with Crippen LogP contribution >= 0.6 is 0 Å². The molecule has 2 unspecified atom stereocenters. The van der Waals surface area contributed by atoms with Crippen LogP contribution in [-0.2, 0) is 4.79 Å². The molecule has 0 spiro atoms. The molecule has 4 nitrogen and oxygen atoms in total. The van der Waals surface area contributed by atoms with Gasteiger partial charge in [-0.1, -0.05) is 0 Å². The number of carboxylic acids is 1. The summed E-state index contributed by atoms with van der Waals surface area (Å²) < 4.78 is 0. The van der Waals surface area contributed by atoms with E-state index in [0.717, 1.165) is 0 Å². The molecule has 0 amide bonds. The molecule has 0 aliphatic carbocycles. The molecule has 0 saturated carbocycles. The summed E-state index contributed by atoms with van der Waals surface area (Å²) in [6, 6.07) is -0.677. The number of hydrogen-bond donors (Lipinski definition) is 3. The number of aliphatic carboxylic acids is 1. The molecule has 5 N–H and O–H groups in total. The first kappa shape index (κ1) is 18.2. The van der Waals surface area contributed by atoms with Gasteiger partial charge in [0.1, 0.15) is 0 Å². The standard InChI is InChI=1S/C5H12N2O2.2Na.2H/c1-3(6)4(7)2-5(8)9;;;;/h3-4H,2,6-7H2,1H3,(H,8,9);;;;/q;2*+1;2*-1. The van der Waals surface area contributed by atoms with Crippen molar-refractivity contribution in [3.8, 4) is 0 Å². The van der Waals surface area contributed by atoms with Gasteiger partial charge in [-0.2, -0.15) is 0 Å². The van der Waals surface area contributed by atoms with Gasteiger partial charge < -0.3 is 19.4 Å². The Morgan fingerprint density at radius 2 is 1.91 bits per heavy atom. The van der Waals surface area contributed by atoms with Gasteiger partial charge in [0.2, 0.25) is 0 Å². The number of hydrogen-bond acceptors (Lipinski definition) is 3. The van der Waals surface area contributed by atoms with Crippen molar-refractivity contribution in [1.29, 1.82) is 0 Å². The van der Waals surface area contributed by atoms with Crippen LogP contribution in [0.25, 0.3) is 0 Å². The number of carbonyl (C=O) groups is 1. The van der Waals surface area contributed by atoms with Crippen molar-refractivity contribution in [2.45, 2.75) is 25.4 Å². The smallest absolute Gasteiger partial charge is 1.00 e. The summed E-state index contributed by atoms with van der Waals surface area (Å²) in [6.45, 7) is 1.69. The largest absolute Gasteiger partial charge is 1.00 e. The minimum absolute atomic E-state index is 0. The fourth-order valence-electron chi connectivity index (χ4n) is 0.388. The summed E-state index contributed by atoms with van der Waals surface area (Å²) in [6.07, 6.45) is -0.0579. The summed E-state index contributed by atoms with van der Waals surface area (Å²) in [5, 5.41) is 8.20. The average Bonchev–Trinajstić information content (AvgIpc) is 1.63. The van der Waals surface area contributed by atoms with Crippen molar-refractivity contribution in [2.75, 3.05) is 0 Å². The summed E-state index contributed by atoms with van der Waals surface area (Å²) in [5.41, 5.74) is 10.6. The molecule has 0 radical (unpaired) electrons. The van der Waals surface area contributed by atoms with E-state index in [2.05, 4.69) is 0 Å². The van der Waals surface area contributed by atoms with Crippen LogP contribution in [0.4, 0.5) is 0 Å². The summed E-state index contributed by atoms with van der Waals surface area (Å²) in [4.78, 5) is 9.98. The molecule has 2 atom stereocenters. The van der Waals surface area contributed by atoms with E-state index < -0.39 is 12.0 Å². The van der Waals surface area contributed by atoms with E-state index in [0.29, 0.717) is 0 Å². The van der Waals surface area contributed by atoms with Crippen LogP contribution in [0.2, 0.25) is 0 Å². The Morgan fingerprint density at radius 1 is 1.55 bits per heavy atom. The molecule has 0 bridgehead atoms. The van der Waals surface area contributed by atoms with Crippen molar-refractivity contribution in [3.63, 3.8) is 0 Å². The van der Waals surface area contributed by atoms with Gasteiger partial charge in [0.25, 0.3) is 0 Å². The fourth-order valence-corrected chi connectivity index (χ4v) is 0.388. The van der Waals surface area contributed by atoms with Crippen LogP contribution in [0.15, 0.2) is 0 Å². The Hall–Kier alpha value is 1.39. The first-order valence-electron chi connectivity index (χ1n) is 2.77. The van der Waals surface area contributed by atoms with Gasteiger partial charge >= 0.3 is 65.1 Å². The quantitative estimate of drug-likeness (QED) is 0.377. The van der Waals surface area contributed by atoms with Crippen LogP contribution in [0.1, 0.15) is 16.2 Å². The number of nitrogens with two attached hydrogens (primary N) is 2. The van der Waals surface area contributed by atoms with E-state index in [4.69, 9.17) is 16.6 Å². The van der Waals surface area contributed by atoms with E-state index in [1.54, 1.807) is 6.92 Å². The Labute approximate surface area is 114 Å². The maximum Gasteiger partial charge on any atom is 1.00 e. The Kier molecular flexibility index (Phi) is 15.7. The normalized spacial score (nSPS) is 13.7. The molecule has 11 heavy (non-hydrogen) atoms. The van der Waals surface area contributed by atoms with Crippen molar-refractivity contribution in [2.24, 2.45) is 11.5 Å². The second-order valence-electron chi connectivity index (χ2n) is 2.12. The topological polar surface area (TPSA) is 89.3 Å². The SMILES string of the molecule is CC(N)C(N)CC(=O)O.[H-].[H-].[Na+].[Na+]. The van der Waals surface area contributed by atoms with Crippen LogP contribution in [-0.4, -0.2) is 23.2 Å². The van der Waals surface area contributed by atoms with Gasteiger partial charge in [-0.25, -0.2) is 0 Å². The first-order chi connectivity index (χ1) is 4.04. The molecule has 0 fully saturated rings. The molecule has 0 saturated heterocycles. The second kappa shape index (κ2) is 9.48. The number of carboxylic acid groups (broad SMARTS) is 1. The first-order valence-corrected chi connectivity index (χ1v) is 2.77. The van der Waals surface area contributed by atoms with E-state index >= 15 is 0 Å². The predicted molar refractivity (Wildman–Crippen MR) is 36.1 cm³/mol. The van der Waals surface area contributed by atoms with Crippen LogP contribution in [0.3, 0.4) is 0 Å². The molecule has 0 aromatic heterocycles. The predicted octanol–water partition coefficient (Wildman–Crippen LogP) is -6.63. The molecule has 0 aliphatic rings. The van der Waals surface area contributed by atoms with E-state index in [1.165, 1.54) is 0 Å². The zero-order chi connectivity index (χ0) is 7.44. The third kappa shape index (κ3) is 11.4. The van der Waals surface area contributed by atoms with E-state index in [9.17, 15) is 4.79 Å². The zero-order valence-electron chi connectivity index (χ0n) is 9.37. The van der Waals surface area contributed by atoms with Gasteiger partial charge in [-0.3, -0.25) is 4.79 Å². The molecule has 0 aromatic rings. The Morgan fingerprint density at radius 3 is 2.00 bits per heavy atom. The molecular formula is C5H14N2Na2O2. The monoisotopic (exact) mass is 180 g/mol. The van der Waals surface area contributed by atoms with Gasteiger partial charge in [-0.05, 0) is 6.92 Å². The maximum absolute atomic E-state index is 9.98. The number of rotatable bonds is 3. The van der Waals surface area contributed by atoms with Gasteiger partial charge in [0.05, 0.1) is 6.42 Å². The average molecular weight is 180 g/mol. The molecule has 58 valence electrons. The molecule has 6 heteroatoms. The maximum atomic E-state index is 9.98. The molecule has 0 heterocycles. The minimum atomic E-state index is -0.903. The summed E-state index contributed by atoms with van der Waals surface area (Å²) in [7, 11) is 0.